The van der Waals surface area contributed by atoms with E-state index in [9.17, 15) is 0 Å². The zero-order valence-electron chi connectivity index (χ0n) is 32.4. The molecule has 0 saturated heterocycles. The maximum absolute atomic E-state index is 5.25. The molecule has 0 unspecified atom stereocenters. The fraction of sp³-hybridized carbons (Fsp3) is 0.0545. The average Bonchev–Trinajstić information content (AvgIpc) is 3.82. The molecule has 0 bridgehead atoms. The highest BCUT2D eigenvalue weighted by molar-refractivity contribution is 6.11. The number of fused-ring (bicyclic) bond motifs is 6. The third kappa shape index (κ3) is 5.58. The topological polar surface area (TPSA) is 30.7 Å². The average molecular weight is 742 g/mol. The molecule has 11 rings (SSSR count). The van der Waals surface area contributed by atoms with Gasteiger partial charge in [0.1, 0.15) is 5.82 Å². The molecule has 1 aliphatic carbocycles. The number of nitrogens with zero attached hydrogens (tertiary/aromatic N) is 3. The van der Waals surface area contributed by atoms with Gasteiger partial charge in [-0.1, -0.05) is 158 Å². The summed E-state index contributed by atoms with van der Waals surface area (Å²) in [5, 5.41) is 2.39. The second kappa shape index (κ2) is 13.7. The lowest BCUT2D eigenvalue weighted by atomic mass is 9.87. The van der Waals surface area contributed by atoms with Gasteiger partial charge in [-0.3, -0.25) is 4.57 Å². The van der Waals surface area contributed by atoms with E-state index in [0.717, 1.165) is 40.1 Å². The van der Waals surface area contributed by atoms with E-state index < -0.39 is 0 Å². The van der Waals surface area contributed by atoms with E-state index in [1.54, 1.807) is 0 Å². The van der Waals surface area contributed by atoms with Gasteiger partial charge in [-0.25, -0.2) is 9.97 Å². The lowest BCUT2D eigenvalue weighted by molar-refractivity contribution is 1.05. The van der Waals surface area contributed by atoms with Crippen LogP contribution < -0.4 is 0 Å². The Morgan fingerprint density at radius 1 is 0.397 bits per heavy atom. The van der Waals surface area contributed by atoms with Crippen LogP contribution in [0.1, 0.15) is 22.3 Å². The van der Waals surface area contributed by atoms with Gasteiger partial charge in [0.2, 0.25) is 0 Å². The van der Waals surface area contributed by atoms with Crippen molar-refractivity contribution in [2.45, 2.75) is 20.3 Å². The van der Waals surface area contributed by atoms with Crippen LogP contribution >= 0.6 is 0 Å². The number of hydrogen-bond donors (Lipinski definition) is 0. The first kappa shape index (κ1) is 33.9. The molecular formula is C55H39N3. The van der Waals surface area contributed by atoms with Gasteiger partial charge in [0, 0.05) is 28.0 Å². The van der Waals surface area contributed by atoms with Crippen LogP contribution in [0.2, 0.25) is 0 Å². The minimum absolute atomic E-state index is 0.703. The van der Waals surface area contributed by atoms with Crippen LogP contribution in [0, 0.1) is 13.8 Å². The summed E-state index contributed by atoms with van der Waals surface area (Å²) in [5.41, 5.74) is 20.7. The molecule has 274 valence electrons. The van der Waals surface area contributed by atoms with Crippen molar-refractivity contribution < 1.29 is 0 Å². The molecule has 2 aromatic heterocycles. The van der Waals surface area contributed by atoms with Crippen LogP contribution in [0.5, 0.6) is 0 Å². The molecule has 10 aromatic rings. The normalized spacial score (nSPS) is 11.9. The fourth-order valence-electron chi connectivity index (χ4n) is 9.17. The number of aromatic nitrogens is 3. The van der Waals surface area contributed by atoms with Crippen molar-refractivity contribution in [3.63, 3.8) is 0 Å². The van der Waals surface area contributed by atoms with Gasteiger partial charge in [-0.05, 0) is 111 Å². The Kier molecular flexibility index (Phi) is 8.01. The van der Waals surface area contributed by atoms with Crippen LogP contribution in [-0.4, -0.2) is 14.5 Å². The summed E-state index contributed by atoms with van der Waals surface area (Å²) in [6.07, 6.45) is 0.931. The third-order valence-electron chi connectivity index (χ3n) is 11.9. The van der Waals surface area contributed by atoms with Gasteiger partial charge in [0.25, 0.3) is 0 Å². The van der Waals surface area contributed by atoms with Crippen LogP contribution in [0.3, 0.4) is 0 Å². The second-order valence-corrected chi connectivity index (χ2v) is 15.5. The summed E-state index contributed by atoms with van der Waals surface area (Å²) in [5.74, 6) is 1.55. The van der Waals surface area contributed by atoms with Crippen molar-refractivity contribution in [3.8, 4) is 73.0 Å². The van der Waals surface area contributed by atoms with E-state index in [1.807, 2.05) is 24.3 Å². The quantitative estimate of drug-likeness (QED) is 0.170. The summed E-state index contributed by atoms with van der Waals surface area (Å²) in [6, 6.07) is 67.8. The van der Waals surface area contributed by atoms with Crippen molar-refractivity contribution >= 4 is 21.8 Å². The molecule has 0 radical (unpaired) electrons. The predicted molar refractivity (Wildman–Crippen MR) is 241 cm³/mol. The Bertz CT molecular complexity index is 3150. The summed E-state index contributed by atoms with van der Waals surface area (Å²) in [6.45, 7) is 4.44. The van der Waals surface area contributed by atoms with E-state index in [0.29, 0.717) is 5.82 Å². The molecule has 3 nitrogen and oxygen atoms in total. The van der Waals surface area contributed by atoms with E-state index in [1.165, 1.54) is 77.5 Å². The number of benzene rings is 8. The van der Waals surface area contributed by atoms with Crippen LogP contribution in [0.15, 0.2) is 188 Å². The first-order chi connectivity index (χ1) is 28.6. The first-order valence-corrected chi connectivity index (χ1v) is 20.0. The monoisotopic (exact) mass is 741 g/mol. The van der Waals surface area contributed by atoms with E-state index in [-0.39, 0.29) is 0 Å². The lowest BCUT2D eigenvalue weighted by Gasteiger charge is -2.17. The molecule has 3 heteroatoms. The number of hydrogen-bond acceptors (Lipinski definition) is 2. The number of para-hydroxylation sites is 1. The summed E-state index contributed by atoms with van der Waals surface area (Å²) < 4.78 is 2.31. The second-order valence-electron chi connectivity index (χ2n) is 15.5. The minimum Gasteiger partial charge on any atom is -0.294 e. The zero-order chi connectivity index (χ0) is 38.7. The Balaban J connectivity index is 1.07. The molecule has 0 aliphatic heterocycles. The molecule has 0 spiro atoms. The maximum atomic E-state index is 5.25. The van der Waals surface area contributed by atoms with Gasteiger partial charge >= 0.3 is 0 Å². The summed E-state index contributed by atoms with van der Waals surface area (Å²) in [4.78, 5) is 10.3. The maximum Gasteiger partial charge on any atom is 0.162 e. The van der Waals surface area contributed by atoms with Crippen molar-refractivity contribution in [2.75, 3.05) is 0 Å². The largest absolute Gasteiger partial charge is 0.294 e. The Hall–Kier alpha value is -7.36. The summed E-state index contributed by atoms with van der Waals surface area (Å²) in [7, 11) is 0. The van der Waals surface area contributed by atoms with Gasteiger partial charge in [0.15, 0.2) is 5.82 Å². The fourth-order valence-corrected chi connectivity index (χ4v) is 9.17. The third-order valence-corrected chi connectivity index (χ3v) is 11.9. The van der Waals surface area contributed by atoms with Gasteiger partial charge < -0.3 is 0 Å². The molecule has 0 N–H and O–H groups in total. The Morgan fingerprint density at radius 3 is 1.86 bits per heavy atom. The van der Waals surface area contributed by atoms with Crippen LogP contribution in [0.4, 0.5) is 0 Å². The van der Waals surface area contributed by atoms with E-state index in [4.69, 9.17) is 9.97 Å². The number of rotatable bonds is 6. The number of aryl methyl sites for hydroxylation is 2. The van der Waals surface area contributed by atoms with Crippen molar-refractivity contribution in [1.82, 2.24) is 14.5 Å². The molecule has 8 aromatic carbocycles. The lowest BCUT2D eigenvalue weighted by Crippen LogP contribution is -2.02. The molecule has 2 heterocycles. The smallest absolute Gasteiger partial charge is 0.162 e. The molecule has 0 saturated carbocycles. The molecule has 1 aliphatic rings. The minimum atomic E-state index is 0.703. The zero-order valence-corrected chi connectivity index (χ0v) is 32.4. The highest BCUT2D eigenvalue weighted by Crippen LogP contribution is 2.47. The van der Waals surface area contributed by atoms with Gasteiger partial charge in [0.05, 0.1) is 16.7 Å². The van der Waals surface area contributed by atoms with Crippen molar-refractivity contribution in [2.24, 2.45) is 0 Å². The van der Waals surface area contributed by atoms with Crippen molar-refractivity contribution in [3.05, 3.63) is 210 Å². The molecular weight excluding hydrogens is 703 g/mol. The SMILES string of the molecule is Cc1ccccc1-c1c(C)cccc1-c1ccc2c(c1)-c1c(cccc1-c1ccc3c(c1)c1ccccc1n3-c1cc(-c3ccccc3)nc(-c3ccccc3)n1)C2. The molecule has 0 fully saturated rings. The first-order valence-electron chi connectivity index (χ1n) is 20.0. The van der Waals surface area contributed by atoms with Crippen molar-refractivity contribution in [1.29, 1.82) is 0 Å². The summed E-state index contributed by atoms with van der Waals surface area (Å²) >= 11 is 0. The van der Waals surface area contributed by atoms with Crippen LogP contribution in [-0.2, 0) is 6.42 Å². The van der Waals surface area contributed by atoms with E-state index >= 15 is 0 Å². The Morgan fingerprint density at radius 2 is 1.03 bits per heavy atom. The molecule has 0 atom stereocenters. The van der Waals surface area contributed by atoms with Gasteiger partial charge in [-0.15, -0.1) is 0 Å². The molecule has 0 amide bonds. The van der Waals surface area contributed by atoms with E-state index in [2.05, 4.69) is 182 Å². The Labute approximate surface area is 338 Å². The standard InChI is InChI=1S/C55H39N3/c1-35-15-9-10-22-43(35)53-36(2)16-13-24-44(53)40-28-27-39-31-42-21-14-25-45(54(42)47(39)32-40)41-29-30-51-48(33-41)46-23-11-12-26-50(46)58(51)52-34-49(37-17-5-3-6-18-37)56-55(57-52)38-19-7-4-8-20-38/h3-30,32-34H,31H2,1-2H3. The van der Waals surface area contributed by atoms with Gasteiger partial charge in [-0.2, -0.15) is 0 Å². The highest BCUT2D eigenvalue weighted by atomic mass is 15.1. The van der Waals surface area contributed by atoms with Crippen LogP contribution in [0.25, 0.3) is 94.8 Å². The highest BCUT2D eigenvalue weighted by Gasteiger charge is 2.25. The molecule has 58 heavy (non-hydrogen) atoms. The predicted octanol–water partition coefficient (Wildman–Crippen LogP) is 14.1.